The third-order valence-corrected chi connectivity index (χ3v) is 6.55. The molecule has 1 aromatic carbocycles. The molecule has 1 atom stereocenters. The van der Waals surface area contributed by atoms with E-state index in [1.165, 1.54) is 0 Å². The Hall–Kier alpha value is -2.70. The quantitative estimate of drug-likeness (QED) is 0.466. The summed E-state index contributed by atoms with van der Waals surface area (Å²) in [6.07, 6.45) is 6.64. The molecule has 1 N–H and O–H groups in total. The van der Waals surface area contributed by atoms with Crippen LogP contribution in [0.25, 0.3) is 0 Å². The van der Waals surface area contributed by atoms with Crippen LogP contribution in [0.4, 0.5) is 5.69 Å². The number of anilines is 1. The van der Waals surface area contributed by atoms with E-state index in [2.05, 4.69) is 40.0 Å². The van der Waals surface area contributed by atoms with Gasteiger partial charge in [-0.15, -0.1) is 10.2 Å². The second kappa shape index (κ2) is 11.6. The highest BCUT2D eigenvalue weighted by Crippen LogP contribution is 2.40. The van der Waals surface area contributed by atoms with Crippen LogP contribution in [-0.2, 0) is 16.0 Å². The zero-order valence-electron chi connectivity index (χ0n) is 21.7. The molecule has 2 amide bonds. The Labute approximate surface area is 204 Å². The maximum Gasteiger partial charge on any atom is 0.225 e. The lowest BCUT2D eigenvalue weighted by Gasteiger charge is -2.20. The van der Waals surface area contributed by atoms with Crippen molar-refractivity contribution in [2.45, 2.75) is 91.0 Å². The van der Waals surface area contributed by atoms with E-state index in [4.69, 9.17) is 0 Å². The minimum atomic E-state index is -0.151. The van der Waals surface area contributed by atoms with Crippen molar-refractivity contribution in [1.29, 1.82) is 0 Å². The number of aromatic nitrogens is 3. The lowest BCUT2D eigenvalue weighted by molar-refractivity contribution is -0.129. The minimum Gasteiger partial charge on any atom is -0.349 e. The second-order valence-electron chi connectivity index (χ2n) is 10.5. The van der Waals surface area contributed by atoms with Gasteiger partial charge in [-0.05, 0) is 57.1 Å². The van der Waals surface area contributed by atoms with Crippen molar-refractivity contribution in [2.24, 2.45) is 5.92 Å². The minimum absolute atomic E-state index is 0.0547. The van der Waals surface area contributed by atoms with Crippen molar-refractivity contribution in [3.63, 3.8) is 0 Å². The Bertz CT molecular complexity index is 991. The molecule has 1 aliphatic carbocycles. The molecule has 1 saturated carbocycles. The maximum absolute atomic E-state index is 13.1. The summed E-state index contributed by atoms with van der Waals surface area (Å²) in [6.45, 7) is 8.52. The highest BCUT2D eigenvalue weighted by atomic mass is 16.2. The standard InChI is InChI=1S/C27H41N5O2/c1-18(2)8-7-9-24-29-30-27(32(24)22-12-13-22)21(11-15-26(34)31(5)6)17-25(33)28-23-14-10-19(3)16-20(23)4/h10,14,16,18,21-22H,7-9,11-13,15,17H2,1-6H3,(H,28,33). The van der Waals surface area contributed by atoms with Gasteiger partial charge in [-0.2, -0.15) is 0 Å². The van der Waals surface area contributed by atoms with Gasteiger partial charge in [-0.3, -0.25) is 9.59 Å². The highest BCUT2D eigenvalue weighted by Gasteiger charge is 2.33. The third-order valence-electron chi connectivity index (χ3n) is 6.55. The van der Waals surface area contributed by atoms with Gasteiger partial charge < -0.3 is 14.8 Å². The van der Waals surface area contributed by atoms with Gasteiger partial charge in [0.2, 0.25) is 11.8 Å². The number of carbonyl (C=O) groups is 2. The molecule has 7 nitrogen and oxygen atoms in total. The molecular weight excluding hydrogens is 426 g/mol. The van der Waals surface area contributed by atoms with Crippen LogP contribution in [0.3, 0.4) is 0 Å². The highest BCUT2D eigenvalue weighted by molar-refractivity contribution is 5.92. The molecule has 1 aromatic heterocycles. The largest absolute Gasteiger partial charge is 0.349 e. The maximum atomic E-state index is 13.1. The Morgan fingerprint density at radius 3 is 2.50 bits per heavy atom. The fourth-order valence-electron chi connectivity index (χ4n) is 4.41. The Balaban J connectivity index is 1.80. The number of carbonyl (C=O) groups excluding carboxylic acids is 2. The Kier molecular flexibility index (Phi) is 8.86. The molecule has 2 aromatic rings. The van der Waals surface area contributed by atoms with Crippen LogP contribution < -0.4 is 5.32 Å². The van der Waals surface area contributed by atoms with Gasteiger partial charge in [0.05, 0.1) is 0 Å². The molecule has 7 heteroatoms. The van der Waals surface area contributed by atoms with Crippen LogP contribution in [0.1, 0.15) is 93.5 Å². The first-order chi connectivity index (χ1) is 16.2. The van der Waals surface area contributed by atoms with Crippen molar-refractivity contribution >= 4 is 17.5 Å². The normalized spacial score (nSPS) is 14.3. The van der Waals surface area contributed by atoms with Crippen LogP contribution >= 0.6 is 0 Å². The monoisotopic (exact) mass is 467 g/mol. The number of amides is 2. The summed E-state index contributed by atoms with van der Waals surface area (Å²) in [4.78, 5) is 27.1. The van der Waals surface area contributed by atoms with Crippen molar-refractivity contribution in [3.8, 4) is 0 Å². The van der Waals surface area contributed by atoms with E-state index in [1.54, 1.807) is 19.0 Å². The third kappa shape index (κ3) is 7.15. The second-order valence-corrected chi connectivity index (χ2v) is 10.5. The van der Waals surface area contributed by atoms with E-state index in [9.17, 15) is 9.59 Å². The number of nitrogens with one attached hydrogen (secondary N) is 1. The van der Waals surface area contributed by atoms with Crippen molar-refractivity contribution in [1.82, 2.24) is 19.7 Å². The van der Waals surface area contributed by atoms with E-state index in [0.29, 0.717) is 24.8 Å². The molecular formula is C27H41N5O2. The smallest absolute Gasteiger partial charge is 0.225 e. The number of nitrogens with zero attached hydrogens (tertiary/aromatic N) is 4. The van der Waals surface area contributed by atoms with E-state index < -0.39 is 0 Å². The van der Waals surface area contributed by atoms with Crippen LogP contribution in [0, 0.1) is 19.8 Å². The van der Waals surface area contributed by atoms with Gasteiger partial charge in [0.25, 0.3) is 0 Å². The van der Waals surface area contributed by atoms with E-state index in [0.717, 1.165) is 60.6 Å². The molecule has 0 saturated heterocycles. The molecule has 1 fully saturated rings. The average Bonchev–Trinajstić information content (AvgIpc) is 3.52. The van der Waals surface area contributed by atoms with Gasteiger partial charge in [-0.25, -0.2) is 0 Å². The Morgan fingerprint density at radius 2 is 1.88 bits per heavy atom. The Morgan fingerprint density at radius 1 is 1.15 bits per heavy atom. The molecule has 0 aliphatic heterocycles. The van der Waals surface area contributed by atoms with Crippen molar-refractivity contribution in [2.75, 3.05) is 19.4 Å². The first-order valence-electron chi connectivity index (χ1n) is 12.7. The summed E-state index contributed by atoms with van der Waals surface area (Å²) >= 11 is 0. The number of hydrogen-bond donors (Lipinski definition) is 1. The first-order valence-corrected chi connectivity index (χ1v) is 12.7. The van der Waals surface area contributed by atoms with E-state index in [-0.39, 0.29) is 24.2 Å². The summed E-state index contributed by atoms with van der Waals surface area (Å²) in [5, 5.41) is 12.2. The summed E-state index contributed by atoms with van der Waals surface area (Å²) in [7, 11) is 3.54. The topological polar surface area (TPSA) is 80.1 Å². The average molecular weight is 468 g/mol. The lowest BCUT2D eigenvalue weighted by atomic mass is 9.96. The van der Waals surface area contributed by atoms with Crippen LogP contribution in [0.5, 0.6) is 0 Å². The number of hydrogen-bond acceptors (Lipinski definition) is 4. The zero-order valence-corrected chi connectivity index (χ0v) is 21.7. The summed E-state index contributed by atoms with van der Waals surface area (Å²) in [6, 6.07) is 6.44. The molecule has 1 heterocycles. The van der Waals surface area contributed by atoms with Gasteiger partial charge >= 0.3 is 0 Å². The lowest BCUT2D eigenvalue weighted by Crippen LogP contribution is -2.24. The molecule has 0 spiro atoms. The van der Waals surface area contributed by atoms with Crippen LogP contribution in [0.15, 0.2) is 18.2 Å². The predicted molar refractivity (Wildman–Crippen MR) is 136 cm³/mol. The predicted octanol–water partition coefficient (Wildman–Crippen LogP) is 5.19. The molecule has 186 valence electrons. The first kappa shape index (κ1) is 25.9. The van der Waals surface area contributed by atoms with Crippen molar-refractivity contribution in [3.05, 3.63) is 41.0 Å². The SMILES string of the molecule is Cc1ccc(NC(=O)CC(CCC(=O)N(C)C)c2nnc(CCCC(C)C)n2C2CC2)c(C)c1. The molecule has 3 rings (SSSR count). The molecule has 0 radical (unpaired) electrons. The van der Waals surface area contributed by atoms with Crippen molar-refractivity contribution < 1.29 is 9.59 Å². The van der Waals surface area contributed by atoms with Gasteiger partial charge in [0, 0.05) is 51.0 Å². The molecule has 1 aliphatic rings. The summed E-state index contributed by atoms with van der Waals surface area (Å²) < 4.78 is 2.29. The van der Waals surface area contributed by atoms with Gasteiger partial charge in [0.15, 0.2) is 0 Å². The number of rotatable bonds is 12. The molecule has 34 heavy (non-hydrogen) atoms. The number of benzene rings is 1. The summed E-state index contributed by atoms with van der Waals surface area (Å²) in [5.74, 6) is 2.41. The van der Waals surface area contributed by atoms with E-state index >= 15 is 0 Å². The fourth-order valence-corrected chi connectivity index (χ4v) is 4.41. The van der Waals surface area contributed by atoms with Crippen LogP contribution in [-0.4, -0.2) is 45.6 Å². The zero-order chi connectivity index (χ0) is 24.8. The van der Waals surface area contributed by atoms with Gasteiger partial charge in [-0.1, -0.05) is 38.0 Å². The fraction of sp³-hybridized carbons (Fsp3) is 0.630. The van der Waals surface area contributed by atoms with Crippen LogP contribution in [0.2, 0.25) is 0 Å². The van der Waals surface area contributed by atoms with Gasteiger partial charge in [0.1, 0.15) is 11.6 Å². The van der Waals surface area contributed by atoms with E-state index in [1.807, 2.05) is 26.0 Å². The molecule has 0 bridgehead atoms. The summed E-state index contributed by atoms with van der Waals surface area (Å²) in [5.41, 5.74) is 3.04. The number of aryl methyl sites for hydroxylation is 3. The molecule has 1 unspecified atom stereocenters.